The number of rotatable bonds is 10. The molecule has 160 valence electrons. The Morgan fingerprint density at radius 2 is 1.29 bits per heavy atom. The molecule has 3 rings (SSSR count). The summed E-state index contributed by atoms with van der Waals surface area (Å²) in [7, 11) is 0. The van der Waals surface area contributed by atoms with Crippen molar-refractivity contribution in [2.24, 2.45) is 0 Å². The Balaban J connectivity index is 1.61. The third-order valence-electron chi connectivity index (χ3n) is 4.87. The van der Waals surface area contributed by atoms with Gasteiger partial charge < -0.3 is 15.4 Å². The number of carbonyl (C=O) groups excluding carboxylic acids is 2. The molecule has 3 aromatic carbocycles. The van der Waals surface area contributed by atoms with E-state index in [9.17, 15) is 9.59 Å². The van der Waals surface area contributed by atoms with Crippen molar-refractivity contribution in [3.8, 4) is 5.75 Å². The second kappa shape index (κ2) is 11.6. The van der Waals surface area contributed by atoms with Gasteiger partial charge in [0.25, 0.3) is 11.8 Å². The SMILES string of the molecule is CCOc1ccc(C(=O)NCCc2ccccc2)cc1C(=O)NCCc1ccccc1. The molecule has 0 saturated heterocycles. The smallest absolute Gasteiger partial charge is 0.255 e. The van der Waals surface area contributed by atoms with Crippen LogP contribution in [0, 0.1) is 0 Å². The number of hydrogen-bond acceptors (Lipinski definition) is 3. The van der Waals surface area contributed by atoms with Crippen molar-refractivity contribution >= 4 is 11.8 Å². The van der Waals surface area contributed by atoms with Crippen molar-refractivity contribution in [3.63, 3.8) is 0 Å². The molecule has 0 saturated carbocycles. The molecule has 2 N–H and O–H groups in total. The lowest BCUT2D eigenvalue weighted by Gasteiger charge is -2.13. The topological polar surface area (TPSA) is 67.4 Å². The van der Waals surface area contributed by atoms with Crippen LogP contribution in [-0.4, -0.2) is 31.5 Å². The lowest BCUT2D eigenvalue weighted by molar-refractivity contribution is 0.0950. The zero-order chi connectivity index (χ0) is 21.9. The maximum atomic E-state index is 12.8. The first-order valence-corrected chi connectivity index (χ1v) is 10.6. The van der Waals surface area contributed by atoms with Gasteiger partial charge in [0.2, 0.25) is 0 Å². The van der Waals surface area contributed by atoms with E-state index in [0.29, 0.717) is 36.6 Å². The lowest BCUT2D eigenvalue weighted by Crippen LogP contribution is -2.28. The molecule has 2 amide bonds. The molecule has 0 heterocycles. The Morgan fingerprint density at radius 1 is 0.742 bits per heavy atom. The Hall–Kier alpha value is -3.60. The fourth-order valence-electron chi connectivity index (χ4n) is 3.26. The average Bonchev–Trinajstić information content (AvgIpc) is 2.81. The van der Waals surface area contributed by atoms with Crippen LogP contribution in [0.2, 0.25) is 0 Å². The Labute approximate surface area is 183 Å². The van der Waals surface area contributed by atoms with E-state index in [2.05, 4.69) is 10.6 Å². The Kier molecular flexibility index (Phi) is 8.23. The second-order valence-corrected chi connectivity index (χ2v) is 7.13. The highest BCUT2D eigenvalue weighted by Gasteiger charge is 2.16. The van der Waals surface area contributed by atoms with Crippen LogP contribution in [0.5, 0.6) is 5.75 Å². The van der Waals surface area contributed by atoms with Crippen molar-refractivity contribution in [2.45, 2.75) is 19.8 Å². The fraction of sp³-hybridized carbons (Fsp3) is 0.231. The van der Waals surface area contributed by atoms with E-state index < -0.39 is 0 Å². The summed E-state index contributed by atoms with van der Waals surface area (Å²) in [6.07, 6.45) is 1.48. The quantitative estimate of drug-likeness (QED) is 0.524. The summed E-state index contributed by atoms with van der Waals surface area (Å²) in [6.45, 7) is 3.32. The summed E-state index contributed by atoms with van der Waals surface area (Å²) in [5.41, 5.74) is 3.11. The summed E-state index contributed by atoms with van der Waals surface area (Å²) >= 11 is 0. The lowest BCUT2D eigenvalue weighted by atomic mass is 10.1. The van der Waals surface area contributed by atoms with Gasteiger partial charge in [-0.2, -0.15) is 0 Å². The van der Waals surface area contributed by atoms with E-state index in [1.165, 1.54) is 0 Å². The minimum Gasteiger partial charge on any atom is -0.493 e. The van der Waals surface area contributed by atoms with Crippen LogP contribution in [0.1, 0.15) is 38.8 Å². The monoisotopic (exact) mass is 416 g/mol. The largest absolute Gasteiger partial charge is 0.493 e. The molecule has 5 nitrogen and oxygen atoms in total. The van der Waals surface area contributed by atoms with Crippen LogP contribution >= 0.6 is 0 Å². The molecule has 3 aromatic rings. The molecule has 0 aliphatic heterocycles. The van der Waals surface area contributed by atoms with Gasteiger partial charge in [-0.3, -0.25) is 9.59 Å². The molecular weight excluding hydrogens is 388 g/mol. The molecule has 0 spiro atoms. The van der Waals surface area contributed by atoms with Gasteiger partial charge in [0.15, 0.2) is 0 Å². The molecule has 0 atom stereocenters. The zero-order valence-corrected chi connectivity index (χ0v) is 17.8. The maximum absolute atomic E-state index is 12.8. The van der Waals surface area contributed by atoms with Crippen LogP contribution in [0.15, 0.2) is 78.9 Å². The molecule has 5 heteroatoms. The first-order valence-electron chi connectivity index (χ1n) is 10.6. The highest BCUT2D eigenvalue weighted by Crippen LogP contribution is 2.20. The number of benzene rings is 3. The average molecular weight is 417 g/mol. The van der Waals surface area contributed by atoms with E-state index in [1.807, 2.05) is 67.6 Å². The molecule has 0 radical (unpaired) electrons. The predicted molar refractivity (Wildman–Crippen MR) is 123 cm³/mol. The normalized spacial score (nSPS) is 10.4. The first kappa shape index (κ1) is 22.1. The zero-order valence-electron chi connectivity index (χ0n) is 17.8. The third kappa shape index (κ3) is 6.71. The molecular formula is C26H28N2O3. The van der Waals surface area contributed by atoms with Gasteiger partial charge in [-0.1, -0.05) is 60.7 Å². The van der Waals surface area contributed by atoms with Gasteiger partial charge in [0, 0.05) is 18.7 Å². The van der Waals surface area contributed by atoms with Crippen molar-refractivity contribution in [1.29, 1.82) is 0 Å². The van der Waals surface area contributed by atoms with Crippen LogP contribution < -0.4 is 15.4 Å². The number of nitrogens with one attached hydrogen (secondary N) is 2. The Bertz CT molecular complexity index is 988. The molecule has 0 fully saturated rings. The predicted octanol–water partition coefficient (Wildman–Crippen LogP) is 4.03. The summed E-state index contributed by atoms with van der Waals surface area (Å²) in [6, 6.07) is 24.9. The van der Waals surface area contributed by atoms with Gasteiger partial charge in [-0.15, -0.1) is 0 Å². The summed E-state index contributed by atoms with van der Waals surface area (Å²) in [4.78, 5) is 25.4. The highest BCUT2D eigenvalue weighted by atomic mass is 16.5. The summed E-state index contributed by atoms with van der Waals surface area (Å²) in [5, 5.41) is 5.84. The highest BCUT2D eigenvalue weighted by molar-refractivity contribution is 6.01. The number of carbonyl (C=O) groups is 2. The van der Waals surface area contributed by atoms with Gasteiger partial charge >= 0.3 is 0 Å². The van der Waals surface area contributed by atoms with Crippen molar-refractivity contribution in [2.75, 3.05) is 19.7 Å². The summed E-state index contributed by atoms with van der Waals surface area (Å²) < 4.78 is 5.60. The molecule has 0 aliphatic carbocycles. The molecule has 31 heavy (non-hydrogen) atoms. The van der Waals surface area contributed by atoms with Crippen molar-refractivity contribution in [3.05, 3.63) is 101 Å². The van der Waals surface area contributed by atoms with Gasteiger partial charge in [0.1, 0.15) is 5.75 Å². The van der Waals surface area contributed by atoms with E-state index in [1.54, 1.807) is 18.2 Å². The van der Waals surface area contributed by atoms with E-state index >= 15 is 0 Å². The van der Waals surface area contributed by atoms with Crippen LogP contribution in [0.3, 0.4) is 0 Å². The second-order valence-electron chi connectivity index (χ2n) is 7.13. The summed E-state index contributed by atoms with van der Waals surface area (Å²) in [5.74, 6) is 0.0104. The third-order valence-corrected chi connectivity index (χ3v) is 4.87. The van der Waals surface area contributed by atoms with E-state index in [0.717, 1.165) is 24.0 Å². The minimum atomic E-state index is -0.252. The minimum absolute atomic E-state index is 0.211. The molecule has 0 bridgehead atoms. The standard InChI is InChI=1S/C26H28N2O3/c1-2-31-24-14-13-22(25(29)27-17-15-20-9-5-3-6-10-20)19-23(24)26(30)28-18-16-21-11-7-4-8-12-21/h3-14,19H,2,15-18H2,1H3,(H,27,29)(H,28,30). The van der Waals surface area contributed by atoms with Gasteiger partial charge in [0.05, 0.1) is 12.2 Å². The maximum Gasteiger partial charge on any atom is 0.255 e. The number of amides is 2. The van der Waals surface area contributed by atoms with E-state index in [4.69, 9.17) is 4.74 Å². The van der Waals surface area contributed by atoms with Crippen molar-refractivity contribution < 1.29 is 14.3 Å². The van der Waals surface area contributed by atoms with Gasteiger partial charge in [-0.25, -0.2) is 0 Å². The first-order chi connectivity index (χ1) is 15.2. The number of hydrogen-bond donors (Lipinski definition) is 2. The molecule has 0 unspecified atom stereocenters. The fourth-order valence-corrected chi connectivity index (χ4v) is 3.26. The van der Waals surface area contributed by atoms with Crippen LogP contribution in [-0.2, 0) is 12.8 Å². The molecule has 0 aliphatic rings. The van der Waals surface area contributed by atoms with Crippen LogP contribution in [0.25, 0.3) is 0 Å². The van der Waals surface area contributed by atoms with E-state index in [-0.39, 0.29) is 11.8 Å². The number of ether oxygens (including phenoxy) is 1. The van der Waals surface area contributed by atoms with Crippen molar-refractivity contribution in [1.82, 2.24) is 10.6 Å². The Morgan fingerprint density at radius 3 is 1.84 bits per heavy atom. The van der Waals surface area contributed by atoms with Crippen LogP contribution in [0.4, 0.5) is 0 Å². The van der Waals surface area contributed by atoms with Gasteiger partial charge in [-0.05, 0) is 49.1 Å². The molecule has 0 aromatic heterocycles.